The molecular formula is C66H88O14. The molecule has 0 saturated carbocycles. The lowest BCUT2D eigenvalue weighted by Gasteiger charge is -2.30. The van der Waals surface area contributed by atoms with E-state index in [1.165, 1.54) is 30.9 Å². The molecule has 2 aliphatic heterocycles. The third kappa shape index (κ3) is 16.6. The van der Waals surface area contributed by atoms with Gasteiger partial charge in [0, 0.05) is 45.5 Å². The Morgan fingerprint density at radius 1 is 0.537 bits per heavy atom. The summed E-state index contributed by atoms with van der Waals surface area (Å²) >= 11 is 0. The number of fused-ring (bicyclic) bond motifs is 2. The first kappa shape index (κ1) is 63.9. The van der Waals surface area contributed by atoms with E-state index < -0.39 is 23.4 Å². The van der Waals surface area contributed by atoms with Gasteiger partial charge in [-0.15, -0.1) is 0 Å². The van der Waals surface area contributed by atoms with Crippen molar-refractivity contribution in [3.63, 3.8) is 0 Å². The first-order valence-electron chi connectivity index (χ1n) is 27.5. The quantitative estimate of drug-likeness (QED) is 0.0485. The van der Waals surface area contributed by atoms with Crippen LogP contribution in [0.5, 0.6) is 57.5 Å². The normalized spacial score (nSPS) is 15.3. The van der Waals surface area contributed by atoms with Crippen LogP contribution in [0.4, 0.5) is 0 Å². The third-order valence-electron chi connectivity index (χ3n) is 14.5. The fourth-order valence-electron chi connectivity index (χ4n) is 10.0. The number of benzene rings is 4. The van der Waals surface area contributed by atoms with E-state index in [1.807, 2.05) is 58.0 Å². The molecule has 0 saturated heterocycles. The number of aliphatic hydroxyl groups is 2. The summed E-state index contributed by atoms with van der Waals surface area (Å²) in [5.74, 6) is 3.22. The Kier molecular flexibility index (Phi) is 22.8. The first-order chi connectivity index (χ1) is 37.8. The van der Waals surface area contributed by atoms with Crippen LogP contribution in [0, 0.1) is 0 Å². The van der Waals surface area contributed by atoms with E-state index in [2.05, 4.69) is 45.9 Å². The molecule has 4 N–H and O–H groups in total. The smallest absolute Gasteiger partial charge is 0.174 e. The maximum atomic E-state index is 13.5. The van der Waals surface area contributed by atoms with Gasteiger partial charge >= 0.3 is 0 Å². The van der Waals surface area contributed by atoms with E-state index in [-0.39, 0.29) is 52.8 Å². The predicted molar refractivity (Wildman–Crippen MR) is 315 cm³/mol. The lowest BCUT2D eigenvalue weighted by molar-refractivity contribution is 0.0687. The minimum absolute atomic E-state index is 0.0591. The highest BCUT2D eigenvalue weighted by Crippen LogP contribution is 2.49. The Morgan fingerprint density at radius 3 is 1.36 bits per heavy atom. The Labute approximate surface area is 475 Å². The van der Waals surface area contributed by atoms with Crippen molar-refractivity contribution in [3.05, 3.63) is 128 Å². The van der Waals surface area contributed by atoms with E-state index in [0.717, 1.165) is 59.9 Å². The van der Waals surface area contributed by atoms with E-state index in [0.29, 0.717) is 83.5 Å². The number of hydrogen-bond donors (Lipinski definition) is 4. The van der Waals surface area contributed by atoms with Gasteiger partial charge in [-0.1, -0.05) is 58.7 Å². The van der Waals surface area contributed by atoms with Gasteiger partial charge in [0.15, 0.2) is 34.6 Å². The molecule has 0 aliphatic carbocycles. The Bertz CT molecular complexity index is 2950. The zero-order chi connectivity index (χ0) is 59.2. The summed E-state index contributed by atoms with van der Waals surface area (Å²) in [4.78, 5) is 26.9. The van der Waals surface area contributed by atoms with Gasteiger partial charge in [0.05, 0.1) is 66.7 Å². The molecule has 6 rings (SSSR count). The Balaban J connectivity index is 0.000000294. The molecule has 0 radical (unpaired) electrons. The maximum Gasteiger partial charge on any atom is 0.174 e. The van der Waals surface area contributed by atoms with Crippen LogP contribution in [0.25, 0.3) is 0 Å². The monoisotopic (exact) mass is 1100 g/mol. The summed E-state index contributed by atoms with van der Waals surface area (Å²) in [6.07, 6.45) is 14.2. The Hall–Kier alpha value is -6.90. The molecule has 0 spiro atoms. The number of aromatic hydroxyl groups is 2. The predicted octanol–water partition coefficient (Wildman–Crippen LogP) is 14.1. The van der Waals surface area contributed by atoms with E-state index >= 15 is 0 Å². The van der Waals surface area contributed by atoms with Crippen LogP contribution in [-0.4, -0.2) is 85.9 Å². The summed E-state index contributed by atoms with van der Waals surface area (Å²) in [5.41, 5.74) is 8.06. The molecule has 2 heterocycles. The molecule has 4 aromatic rings. The summed E-state index contributed by atoms with van der Waals surface area (Å²) in [5, 5.41) is 42.4. The average molecular weight is 1110 g/mol. The van der Waals surface area contributed by atoms with Crippen LogP contribution >= 0.6 is 0 Å². The van der Waals surface area contributed by atoms with Crippen LogP contribution in [-0.2, 0) is 25.7 Å². The topological polar surface area (TPSA) is 189 Å². The first-order valence-corrected chi connectivity index (χ1v) is 27.5. The van der Waals surface area contributed by atoms with Gasteiger partial charge in [-0.25, -0.2) is 0 Å². The minimum Gasteiger partial charge on any atom is -0.507 e. The number of hydrogen-bond acceptors (Lipinski definition) is 14. The van der Waals surface area contributed by atoms with Crippen LogP contribution in [0.2, 0.25) is 0 Å². The molecule has 0 bridgehead atoms. The van der Waals surface area contributed by atoms with Crippen molar-refractivity contribution >= 4 is 11.6 Å². The molecular weight excluding hydrogens is 1020 g/mol. The molecule has 436 valence electrons. The Morgan fingerprint density at radius 2 is 0.950 bits per heavy atom. The van der Waals surface area contributed by atoms with Crippen LogP contribution in [0.15, 0.2) is 83.0 Å². The van der Waals surface area contributed by atoms with Crippen molar-refractivity contribution in [1.82, 2.24) is 0 Å². The lowest BCUT2D eigenvalue weighted by Crippen LogP contribution is -2.23. The molecule has 2 aliphatic rings. The van der Waals surface area contributed by atoms with Gasteiger partial charge < -0.3 is 58.3 Å². The zero-order valence-electron chi connectivity index (χ0n) is 50.3. The second-order valence-electron chi connectivity index (χ2n) is 22.6. The fourth-order valence-corrected chi connectivity index (χ4v) is 10.0. The average Bonchev–Trinajstić information content (AvgIpc) is 3.51. The van der Waals surface area contributed by atoms with E-state index in [9.17, 15) is 30.0 Å². The highest BCUT2D eigenvalue weighted by atomic mass is 16.5. The molecule has 80 heavy (non-hydrogen) atoms. The third-order valence-corrected chi connectivity index (χ3v) is 14.5. The van der Waals surface area contributed by atoms with Crippen LogP contribution in [0.1, 0.15) is 187 Å². The van der Waals surface area contributed by atoms with Gasteiger partial charge in [-0.2, -0.15) is 0 Å². The second kappa shape index (κ2) is 28.5. The molecule has 0 aromatic heterocycles. The van der Waals surface area contributed by atoms with Crippen LogP contribution < -0.4 is 37.9 Å². The van der Waals surface area contributed by atoms with Crippen molar-refractivity contribution in [2.45, 2.75) is 170 Å². The standard InChI is InChI=1S/2C33H44O7/c1-20(2)11-13-24-27(38-7)19-29-30(31(24)35)25(34)18-28(40-29)22-15-16-26(37-6)32(39-8)23(22)14-12-21(3)10-9-17-33(4,5)36;1-20(2)10-9-11-21(3)12-13-23-22(14-15-26(37-6)32(23)39-8)28-18-25(34)30-29(40-28)19-27(38-7)24(31(30)35)16-17-33(4,5)36/h11-12,15-16,19,28,35-36H,9-10,13-14,17-18H2,1-8H3;10,12,14-15,19,28,35-36H,9,11,13,16-18H2,1-8H3/b2*21-12+/t2*28-/m00/s1. The number of phenolic OH excluding ortho intramolecular Hbond substituents is 2. The van der Waals surface area contributed by atoms with Crippen molar-refractivity contribution in [2.24, 2.45) is 0 Å². The SMILES string of the molecule is COc1cc2c(c(O)c1CC=C(C)C)C(=O)C[C@@H](c1ccc(OC)c(OC)c1C/C=C(\C)CCCC(C)(C)O)O2.COc1cc2c(c(O)c1CCC(C)(C)O)C(=O)C[C@@H](c1ccc(OC)c(OC)c1C/C=C(\C)CCC=C(C)C)O2. The van der Waals surface area contributed by atoms with Gasteiger partial charge in [0.2, 0.25) is 0 Å². The molecule has 4 aromatic carbocycles. The number of ether oxygens (including phenoxy) is 8. The number of Topliss-reactive ketones (excluding diaryl/α,β-unsaturated/α-hetero) is 2. The molecule has 0 fully saturated rings. The van der Waals surface area contributed by atoms with Gasteiger partial charge in [-0.05, 0) is 146 Å². The van der Waals surface area contributed by atoms with Crippen molar-refractivity contribution in [1.29, 1.82) is 0 Å². The number of ketones is 2. The number of allylic oxidation sites excluding steroid dienone is 8. The highest BCUT2D eigenvalue weighted by molar-refractivity contribution is 6.04. The second-order valence-corrected chi connectivity index (χ2v) is 22.6. The largest absolute Gasteiger partial charge is 0.507 e. The van der Waals surface area contributed by atoms with E-state index in [1.54, 1.807) is 54.4 Å². The summed E-state index contributed by atoms with van der Waals surface area (Å²) in [7, 11) is 9.45. The minimum atomic E-state index is -0.929. The lowest BCUT2D eigenvalue weighted by atomic mass is 9.89. The molecule has 14 heteroatoms. The van der Waals surface area contributed by atoms with Gasteiger partial charge in [0.1, 0.15) is 57.8 Å². The van der Waals surface area contributed by atoms with E-state index in [4.69, 9.17) is 37.9 Å². The number of methoxy groups -OCH3 is 6. The summed E-state index contributed by atoms with van der Waals surface area (Å²) in [6, 6.07) is 10.8. The number of carbonyl (C=O) groups is 2. The van der Waals surface area contributed by atoms with Crippen molar-refractivity contribution in [2.75, 3.05) is 42.7 Å². The van der Waals surface area contributed by atoms with Crippen molar-refractivity contribution < 1.29 is 67.9 Å². The van der Waals surface area contributed by atoms with Crippen LogP contribution in [0.3, 0.4) is 0 Å². The van der Waals surface area contributed by atoms with Crippen molar-refractivity contribution in [3.8, 4) is 57.5 Å². The summed E-state index contributed by atoms with van der Waals surface area (Å²) in [6.45, 7) is 19.4. The summed E-state index contributed by atoms with van der Waals surface area (Å²) < 4.78 is 46.6. The zero-order valence-corrected chi connectivity index (χ0v) is 50.3. The molecule has 14 nitrogen and oxygen atoms in total. The molecule has 2 atom stereocenters. The fraction of sp³-hybridized carbons (Fsp3) is 0.485. The number of phenols is 2. The highest BCUT2D eigenvalue weighted by Gasteiger charge is 2.37. The number of rotatable bonds is 24. The number of carbonyl (C=O) groups excluding carboxylic acids is 2. The molecule has 0 unspecified atom stereocenters. The van der Waals surface area contributed by atoms with Gasteiger partial charge in [0.25, 0.3) is 0 Å². The maximum absolute atomic E-state index is 13.5. The molecule has 0 amide bonds. The van der Waals surface area contributed by atoms with Gasteiger partial charge in [-0.3, -0.25) is 9.59 Å².